The second kappa shape index (κ2) is 4.29. The van der Waals surface area contributed by atoms with Crippen LogP contribution in [0.1, 0.15) is 42.8 Å². The van der Waals surface area contributed by atoms with E-state index in [4.69, 9.17) is 0 Å². The maximum atomic E-state index is 13.0. The number of H-pyrrole nitrogens is 1. The molecule has 0 aromatic carbocycles. The Kier molecular flexibility index (Phi) is 2.81. The van der Waals surface area contributed by atoms with Crippen LogP contribution in [-0.2, 0) is 12.6 Å². The Balaban J connectivity index is 2.28. The molecule has 106 valence electrons. The highest BCUT2D eigenvalue weighted by Crippen LogP contribution is 2.38. The smallest absolute Gasteiger partial charge is 0.310 e. The first-order valence-electron chi connectivity index (χ1n) is 6.41. The van der Waals surface area contributed by atoms with Gasteiger partial charge in [-0.25, -0.2) is 9.97 Å². The topological polar surface area (TPSA) is 58.6 Å². The molecule has 20 heavy (non-hydrogen) atoms. The van der Waals surface area contributed by atoms with Crippen LogP contribution in [0.2, 0.25) is 0 Å². The van der Waals surface area contributed by atoms with Crippen LogP contribution in [0.4, 0.5) is 13.2 Å². The molecule has 1 aliphatic rings. The predicted octanol–water partition coefficient (Wildman–Crippen LogP) is 2.78. The zero-order chi connectivity index (χ0) is 14.5. The minimum atomic E-state index is -4.54. The number of hydrogen-bond acceptors (Lipinski definition) is 3. The first-order chi connectivity index (χ1) is 9.40. The summed E-state index contributed by atoms with van der Waals surface area (Å²) in [6, 6.07) is 1.24. The number of fused-ring (bicyclic) bond motifs is 1. The SMILES string of the molecule is CCc1cc2c(=O)[nH]c(C3CC3)nc2nc1C(F)(F)F. The Hall–Kier alpha value is -1.92. The van der Waals surface area contributed by atoms with E-state index in [-0.39, 0.29) is 28.9 Å². The number of pyridine rings is 1. The Morgan fingerprint density at radius 1 is 1.35 bits per heavy atom. The van der Waals surface area contributed by atoms with Gasteiger partial charge in [0.05, 0.1) is 5.39 Å². The highest BCUT2D eigenvalue weighted by Gasteiger charge is 2.36. The number of rotatable bonds is 2. The average Bonchev–Trinajstić information content (AvgIpc) is 3.20. The largest absolute Gasteiger partial charge is 0.433 e. The lowest BCUT2D eigenvalue weighted by molar-refractivity contribution is -0.141. The van der Waals surface area contributed by atoms with Gasteiger partial charge in [-0.15, -0.1) is 0 Å². The van der Waals surface area contributed by atoms with Gasteiger partial charge in [0, 0.05) is 5.92 Å². The van der Waals surface area contributed by atoms with Crippen molar-refractivity contribution in [2.75, 3.05) is 0 Å². The summed E-state index contributed by atoms with van der Waals surface area (Å²) in [5.74, 6) is 0.585. The maximum absolute atomic E-state index is 13.0. The molecule has 1 aliphatic carbocycles. The lowest BCUT2D eigenvalue weighted by atomic mass is 10.1. The van der Waals surface area contributed by atoms with Gasteiger partial charge in [0.1, 0.15) is 11.5 Å². The van der Waals surface area contributed by atoms with Crippen LogP contribution in [-0.4, -0.2) is 15.0 Å². The van der Waals surface area contributed by atoms with Crippen LogP contribution in [0.15, 0.2) is 10.9 Å². The summed E-state index contributed by atoms with van der Waals surface area (Å²) in [6.07, 6.45) is -2.59. The third-order valence-corrected chi connectivity index (χ3v) is 3.41. The van der Waals surface area contributed by atoms with Gasteiger partial charge in [-0.05, 0) is 30.9 Å². The van der Waals surface area contributed by atoms with E-state index in [9.17, 15) is 18.0 Å². The van der Waals surface area contributed by atoms with E-state index in [1.807, 2.05) is 0 Å². The van der Waals surface area contributed by atoms with Crippen molar-refractivity contribution in [1.29, 1.82) is 0 Å². The normalized spacial score (nSPS) is 15.8. The molecule has 0 saturated heterocycles. The molecule has 0 spiro atoms. The van der Waals surface area contributed by atoms with E-state index >= 15 is 0 Å². The maximum Gasteiger partial charge on any atom is 0.433 e. The van der Waals surface area contributed by atoms with Crippen molar-refractivity contribution in [3.63, 3.8) is 0 Å². The Bertz CT molecular complexity index is 732. The third-order valence-electron chi connectivity index (χ3n) is 3.41. The summed E-state index contributed by atoms with van der Waals surface area (Å²) in [6.45, 7) is 1.60. The summed E-state index contributed by atoms with van der Waals surface area (Å²) >= 11 is 0. The average molecular weight is 283 g/mol. The first-order valence-corrected chi connectivity index (χ1v) is 6.41. The molecule has 0 amide bonds. The summed E-state index contributed by atoms with van der Waals surface area (Å²) < 4.78 is 38.9. The molecule has 1 saturated carbocycles. The molecule has 0 radical (unpaired) electrons. The number of nitrogens with zero attached hydrogens (tertiary/aromatic N) is 2. The van der Waals surface area contributed by atoms with Crippen LogP contribution in [0.5, 0.6) is 0 Å². The zero-order valence-electron chi connectivity index (χ0n) is 10.7. The van der Waals surface area contributed by atoms with Crippen LogP contribution < -0.4 is 5.56 Å². The fraction of sp³-hybridized carbons (Fsp3) is 0.462. The fourth-order valence-corrected chi connectivity index (χ4v) is 2.19. The summed E-state index contributed by atoms with van der Waals surface area (Å²) in [5.41, 5.74) is -1.49. The van der Waals surface area contributed by atoms with Crippen LogP contribution in [0, 0.1) is 0 Å². The van der Waals surface area contributed by atoms with Gasteiger partial charge < -0.3 is 4.98 Å². The molecule has 0 aliphatic heterocycles. The Morgan fingerprint density at radius 2 is 2.05 bits per heavy atom. The van der Waals surface area contributed by atoms with Crippen LogP contribution >= 0.6 is 0 Å². The van der Waals surface area contributed by atoms with Crippen molar-refractivity contribution in [2.24, 2.45) is 0 Å². The minimum absolute atomic E-state index is 0.0106. The van der Waals surface area contributed by atoms with Gasteiger partial charge in [0.2, 0.25) is 0 Å². The number of aromatic amines is 1. The summed E-state index contributed by atoms with van der Waals surface area (Å²) in [4.78, 5) is 22.3. The molecule has 3 rings (SSSR count). The first kappa shape index (κ1) is 13.1. The van der Waals surface area contributed by atoms with E-state index in [2.05, 4.69) is 15.0 Å². The van der Waals surface area contributed by atoms with Crippen molar-refractivity contribution in [2.45, 2.75) is 38.3 Å². The fourth-order valence-electron chi connectivity index (χ4n) is 2.19. The number of aromatic nitrogens is 3. The van der Waals surface area contributed by atoms with Gasteiger partial charge in [0.25, 0.3) is 5.56 Å². The van der Waals surface area contributed by atoms with Crippen molar-refractivity contribution >= 4 is 11.0 Å². The highest BCUT2D eigenvalue weighted by atomic mass is 19.4. The van der Waals surface area contributed by atoms with Crippen molar-refractivity contribution in [3.05, 3.63) is 33.5 Å². The Morgan fingerprint density at radius 3 is 2.60 bits per heavy atom. The minimum Gasteiger partial charge on any atom is -0.310 e. The van der Waals surface area contributed by atoms with Crippen molar-refractivity contribution in [1.82, 2.24) is 15.0 Å². The van der Waals surface area contributed by atoms with Gasteiger partial charge in [-0.2, -0.15) is 13.2 Å². The van der Waals surface area contributed by atoms with E-state index in [0.29, 0.717) is 5.82 Å². The number of halogens is 3. The molecule has 2 aromatic heterocycles. The van der Waals surface area contributed by atoms with Crippen LogP contribution in [0.25, 0.3) is 11.0 Å². The van der Waals surface area contributed by atoms with Gasteiger partial charge in [0.15, 0.2) is 5.65 Å². The van der Waals surface area contributed by atoms with E-state index in [1.54, 1.807) is 6.92 Å². The van der Waals surface area contributed by atoms with E-state index < -0.39 is 17.4 Å². The van der Waals surface area contributed by atoms with E-state index in [0.717, 1.165) is 12.8 Å². The van der Waals surface area contributed by atoms with Gasteiger partial charge in [-0.3, -0.25) is 4.79 Å². The lowest BCUT2D eigenvalue weighted by Gasteiger charge is -2.11. The Labute approximate surface area is 112 Å². The molecule has 7 heteroatoms. The molecule has 2 aromatic rings. The standard InChI is InChI=1S/C13H12F3N3O/c1-2-6-5-8-11(17-9(6)13(14,15)16)18-10(7-3-4-7)19-12(8)20/h5,7H,2-4H2,1H3,(H,17,18,19,20). The van der Waals surface area contributed by atoms with Crippen molar-refractivity contribution in [3.8, 4) is 0 Å². The van der Waals surface area contributed by atoms with E-state index in [1.165, 1.54) is 6.07 Å². The molecule has 0 bridgehead atoms. The predicted molar refractivity (Wildman–Crippen MR) is 66.5 cm³/mol. The second-order valence-electron chi connectivity index (χ2n) is 4.94. The number of alkyl halides is 3. The third kappa shape index (κ3) is 2.17. The molecule has 4 nitrogen and oxygen atoms in total. The second-order valence-corrected chi connectivity index (χ2v) is 4.94. The number of nitrogens with one attached hydrogen (secondary N) is 1. The molecule has 0 atom stereocenters. The summed E-state index contributed by atoms with van der Waals surface area (Å²) in [7, 11) is 0. The van der Waals surface area contributed by atoms with Gasteiger partial charge in [-0.1, -0.05) is 6.92 Å². The zero-order valence-corrected chi connectivity index (χ0v) is 10.7. The van der Waals surface area contributed by atoms with Gasteiger partial charge >= 0.3 is 6.18 Å². The lowest BCUT2D eigenvalue weighted by Crippen LogP contribution is -2.17. The molecule has 1 N–H and O–H groups in total. The monoisotopic (exact) mass is 283 g/mol. The summed E-state index contributed by atoms with van der Waals surface area (Å²) in [5, 5.41) is 0.110. The van der Waals surface area contributed by atoms with Crippen LogP contribution in [0.3, 0.4) is 0 Å². The highest BCUT2D eigenvalue weighted by molar-refractivity contribution is 5.74. The molecular formula is C13H12F3N3O. The quantitative estimate of drug-likeness (QED) is 0.922. The molecule has 2 heterocycles. The molecule has 1 fully saturated rings. The molecular weight excluding hydrogens is 271 g/mol. The number of hydrogen-bond donors (Lipinski definition) is 1. The van der Waals surface area contributed by atoms with Crippen molar-refractivity contribution < 1.29 is 13.2 Å². The number of aryl methyl sites for hydroxylation is 1. The molecule has 0 unspecified atom stereocenters.